The van der Waals surface area contributed by atoms with E-state index in [9.17, 15) is 0 Å². The van der Waals surface area contributed by atoms with Crippen molar-refractivity contribution in [2.75, 3.05) is 13.1 Å². The van der Waals surface area contributed by atoms with Gasteiger partial charge in [0.15, 0.2) is 0 Å². The topological polar surface area (TPSA) is 29.3 Å². The quantitative estimate of drug-likeness (QED) is 0.759. The molecule has 0 aromatic heterocycles. The van der Waals surface area contributed by atoms with Crippen LogP contribution in [0, 0.1) is 5.92 Å². The van der Waals surface area contributed by atoms with Gasteiger partial charge in [-0.25, -0.2) is 0 Å². The summed E-state index contributed by atoms with van der Waals surface area (Å²) in [6.45, 7) is 11.3. The summed E-state index contributed by atoms with van der Waals surface area (Å²) in [5.41, 5.74) is 6.37. The first kappa shape index (κ1) is 13.0. The van der Waals surface area contributed by atoms with Gasteiger partial charge < -0.3 is 5.73 Å². The molecule has 90 valence electrons. The zero-order valence-electron chi connectivity index (χ0n) is 10.9. The molecule has 1 aliphatic rings. The lowest BCUT2D eigenvalue weighted by Crippen LogP contribution is -2.55. The first-order valence-corrected chi connectivity index (χ1v) is 6.52. The summed E-state index contributed by atoms with van der Waals surface area (Å²) in [5.74, 6) is 0.853. The summed E-state index contributed by atoms with van der Waals surface area (Å²) < 4.78 is 0. The Labute approximate surface area is 95.2 Å². The monoisotopic (exact) mass is 212 g/mol. The van der Waals surface area contributed by atoms with Gasteiger partial charge in [-0.2, -0.15) is 0 Å². The maximum absolute atomic E-state index is 6.06. The lowest BCUT2D eigenvalue weighted by molar-refractivity contribution is 0.0633. The summed E-state index contributed by atoms with van der Waals surface area (Å²) in [5, 5.41) is 0. The molecule has 0 aromatic carbocycles. The third-order valence-corrected chi connectivity index (χ3v) is 3.91. The SMILES string of the molecule is CCCN(C(C)C)C1(CN)CCC(C)C1. The van der Waals surface area contributed by atoms with Crippen LogP contribution in [0.1, 0.15) is 53.4 Å². The van der Waals surface area contributed by atoms with Crippen molar-refractivity contribution < 1.29 is 0 Å². The minimum Gasteiger partial charge on any atom is -0.329 e. The molecule has 0 saturated heterocycles. The molecule has 0 aromatic rings. The zero-order chi connectivity index (χ0) is 11.5. The molecule has 0 spiro atoms. The summed E-state index contributed by atoms with van der Waals surface area (Å²) in [7, 11) is 0. The lowest BCUT2D eigenvalue weighted by Gasteiger charge is -2.43. The average Bonchev–Trinajstić information content (AvgIpc) is 2.57. The van der Waals surface area contributed by atoms with Crippen molar-refractivity contribution in [1.29, 1.82) is 0 Å². The Morgan fingerprint density at radius 2 is 2.13 bits per heavy atom. The summed E-state index contributed by atoms with van der Waals surface area (Å²) in [6, 6.07) is 0.624. The predicted molar refractivity (Wildman–Crippen MR) is 66.9 cm³/mol. The first-order valence-electron chi connectivity index (χ1n) is 6.52. The Kier molecular flexibility index (Phi) is 4.60. The molecule has 15 heavy (non-hydrogen) atoms. The number of hydrogen-bond donors (Lipinski definition) is 1. The minimum absolute atomic E-state index is 0.309. The highest BCUT2D eigenvalue weighted by Gasteiger charge is 2.41. The fourth-order valence-electron chi connectivity index (χ4n) is 3.22. The van der Waals surface area contributed by atoms with Crippen LogP contribution in [0.4, 0.5) is 0 Å². The van der Waals surface area contributed by atoms with Gasteiger partial charge in [0.1, 0.15) is 0 Å². The molecule has 2 atom stereocenters. The molecule has 0 heterocycles. The normalized spacial score (nSPS) is 31.8. The molecule has 2 heteroatoms. The highest BCUT2D eigenvalue weighted by Crippen LogP contribution is 2.39. The van der Waals surface area contributed by atoms with Crippen LogP contribution in [0.25, 0.3) is 0 Å². The van der Waals surface area contributed by atoms with Crippen molar-refractivity contribution in [3.05, 3.63) is 0 Å². The van der Waals surface area contributed by atoms with Crippen LogP contribution < -0.4 is 5.73 Å². The third-order valence-electron chi connectivity index (χ3n) is 3.91. The largest absolute Gasteiger partial charge is 0.329 e. The summed E-state index contributed by atoms with van der Waals surface area (Å²) in [4.78, 5) is 2.65. The van der Waals surface area contributed by atoms with E-state index in [0.717, 1.165) is 12.5 Å². The maximum Gasteiger partial charge on any atom is 0.0337 e. The standard InChI is InChI=1S/C13H28N2/c1-5-8-15(11(2)3)13(10-14)7-6-12(4)9-13/h11-12H,5-10,14H2,1-4H3. The van der Waals surface area contributed by atoms with E-state index in [1.807, 2.05) is 0 Å². The van der Waals surface area contributed by atoms with Crippen molar-refractivity contribution in [2.24, 2.45) is 11.7 Å². The van der Waals surface area contributed by atoms with Gasteiger partial charge in [0, 0.05) is 18.1 Å². The highest BCUT2D eigenvalue weighted by molar-refractivity contribution is 4.99. The summed E-state index contributed by atoms with van der Waals surface area (Å²) in [6.07, 6.45) is 5.17. The number of rotatable bonds is 5. The van der Waals surface area contributed by atoms with Gasteiger partial charge in [0.05, 0.1) is 0 Å². The summed E-state index contributed by atoms with van der Waals surface area (Å²) >= 11 is 0. The zero-order valence-corrected chi connectivity index (χ0v) is 10.9. The molecule has 1 fully saturated rings. The second-order valence-electron chi connectivity index (χ2n) is 5.56. The van der Waals surface area contributed by atoms with Gasteiger partial charge in [-0.15, -0.1) is 0 Å². The van der Waals surface area contributed by atoms with Crippen molar-refractivity contribution in [1.82, 2.24) is 4.90 Å². The average molecular weight is 212 g/mol. The third kappa shape index (κ3) is 2.73. The molecule has 2 N–H and O–H groups in total. The molecule has 0 radical (unpaired) electrons. The molecule has 1 saturated carbocycles. The molecule has 0 aliphatic heterocycles. The van der Waals surface area contributed by atoms with Gasteiger partial charge >= 0.3 is 0 Å². The van der Waals surface area contributed by atoms with Crippen LogP contribution in [0.2, 0.25) is 0 Å². The second kappa shape index (κ2) is 5.31. The lowest BCUT2D eigenvalue weighted by atomic mass is 9.92. The van der Waals surface area contributed by atoms with Crippen molar-refractivity contribution in [3.8, 4) is 0 Å². The fourth-order valence-corrected chi connectivity index (χ4v) is 3.22. The van der Waals surface area contributed by atoms with Crippen molar-refractivity contribution >= 4 is 0 Å². The Balaban J connectivity index is 2.77. The number of nitrogens with two attached hydrogens (primary N) is 1. The van der Waals surface area contributed by atoms with E-state index in [2.05, 4.69) is 32.6 Å². The molecule has 1 rings (SSSR count). The van der Waals surface area contributed by atoms with E-state index >= 15 is 0 Å². The van der Waals surface area contributed by atoms with Gasteiger partial charge in [0.25, 0.3) is 0 Å². The van der Waals surface area contributed by atoms with E-state index in [1.54, 1.807) is 0 Å². The van der Waals surface area contributed by atoms with E-state index in [1.165, 1.54) is 32.2 Å². The van der Waals surface area contributed by atoms with Gasteiger partial charge in [-0.3, -0.25) is 4.90 Å². The van der Waals surface area contributed by atoms with Crippen LogP contribution in [0.15, 0.2) is 0 Å². The van der Waals surface area contributed by atoms with E-state index in [4.69, 9.17) is 5.73 Å². The molecule has 1 aliphatic carbocycles. The van der Waals surface area contributed by atoms with Crippen LogP contribution in [-0.4, -0.2) is 29.6 Å². The van der Waals surface area contributed by atoms with Crippen LogP contribution in [0.5, 0.6) is 0 Å². The van der Waals surface area contributed by atoms with E-state index in [-0.39, 0.29) is 0 Å². The Hall–Kier alpha value is -0.0800. The maximum atomic E-state index is 6.06. The highest BCUT2D eigenvalue weighted by atomic mass is 15.2. The smallest absolute Gasteiger partial charge is 0.0337 e. The molecule has 2 nitrogen and oxygen atoms in total. The van der Waals surface area contributed by atoms with Crippen LogP contribution in [-0.2, 0) is 0 Å². The van der Waals surface area contributed by atoms with E-state index < -0.39 is 0 Å². The van der Waals surface area contributed by atoms with Crippen LogP contribution in [0.3, 0.4) is 0 Å². The van der Waals surface area contributed by atoms with E-state index in [0.29, 0.717) is 11.6 Å². The Morgan fingerprint density at radius 1 is 1.47 bits per heavy atom. The molecular formula is C13H28N2. The molecule has 0 bridgehead atoms. The predicted octanol–water partition coefficient (Wildman–Crippen LogP) is 2.62. The van der Waals surface area contributed by atoms with Crippen molar-refractivity contribution in [3.63, 3.8) is 0 Å². The van der Waals surface area contributed by atoms with Crippen molar-refractivity contribution in [2.45, 2.75) is 65.0 Å². The molecular weight excluding hydrogens is 184 g/mol. The van der Waals surface area contributed by atoms with Gasteiger partial charge in [-0.05, 0) is 52.0 Å². The Bertz CT molecular complexity index is 191. The van der Waals surface area contributed by atoms with Crippen LogP contribution >= 0.6 is 0 Å². The molecule has 0 amide bonds. The fraction of sp³-hybridized carbons (Fsp3) is 1.00. The number of nitrogens with zero attached hydrogens (tertiary/aromatic N) is 1. The number of hydrogen-bond acceptors (Lipinski definition) is 2. The van der Waals surface area contributed by atoms with Gasteiger partial charge in [0.2, 0.25) is 0 Å². The van der Waals surface area contributed by atoms with Gasteiger partial charge in [-0.1, -0.05) is 13.8 Å². The second-order valence-corrected chi connectivity index (χ2v) is 5.56. The Morgan fingerprint density at radius 3 is 2.47 bits per heavy atom. The minimum atomic E-state index is 0.309. The first-order chi connectivity index (χ1) is 7.05. The molecule has 2 unspecified atom stereocenters.